The van der Waals surface area contributed by atoms with E-state index in [1.807, 2.05) is 0 Å². The van der Waals surface area contributed by atoms with Crippen molar-refractivity contribution in [1.29, 1.82) is 0 Å². The summed E-state index contributed by atoms with van der Waals surface area (Å²) in [5.74, 6) is 0.708. The van der Waals surface area contributed by atoms with Gasteiger partial charge in [-0.05, 0) is 49.4 Å². The smallest absolute Gasteiger partial charge is 0.0661 e. The number of rotatable bonds is 8. The Kier molecular flexibility index (Phi) is 7.11. The largest absolute Gasteiger partial charge is 0.379 e. The lowest BCUT2D eigenvalue weighted by Gasteiger charge is -2.20. The molecule has 1 aromatic rings. The van der Waals surface area contributed by atoms with Crippen LogP contribution in [-0.2, 0) is 4.74 Å². The topological polar surface area (TPSA) is 21.3 Å². The van der Waals surface area contributed by atoms with E-state index >= 15 is 0 Å². The van der Waals surface area contributed by atoms with Gasteiger partial charge in [0.1, 0.15) is 0 Å². The molecular formula is C17H29NO. The second kappa shape index (κ2) is 8.34. The third kappa shape index (κ3) is 5.75. The van der Waals surface area contributed by atoms with Gasteiger partial charge in [-0.1, -0.05) is 39.0 Å². The quantitative estimate of drug-likeness (QED) is 0.715. The van der Waals surface area contributed by atoms with Crippen LogP contribution in [0.4, 0.5) is 0 Å². The summed E-state index contributed by atoms with van der Waals surface area (Å²) in [6, 6.07) is 6.98. The van der Waals surface area contributed by atoms with E-state index in [9.17, 15) is 0 Å². The Morgan fingerprint density at radius 1 is 1.16 bits per heavy atom. The number of likely N-dealkylation sites (N-methyl/N-ethyl adjacent to an activating group) is 1. The lowest BCUT2D eigenvalue weighted by Crippen LogP contribution is -2.25. The molecule has 1 aromatic carbocycles. The molecule has 0 radical (unpaired) electrons. The van der Waals surface area contributed by atoms with Crippen LogP contribution in [0.25, 0.3) is 0 Å². The van der Waals surface area contributed by atoms with Gasteiger partial charge in [-0.15, -0.1) is 0 Å². The number of nitrogens with one attached hydrogen (secondary N) is 1. The number of hydrogen-bond donors (Lipinski definition) is 1. The molecule has 19 heavy (non-hydrogen) atoms. The maximum absolute atomic E-state index is 5.82. The van der Waals surface area contributed by atoms with Crippen molar-refractivity contribution in [2.45, 2.75) is 47.1 Å². The Labute approximate surface area is 118 Å². The molecule has 1 N–H and O–H groups in total. The van der Waals surface area contributed by atoms with Gasteiger partial charge >= 0.3 is 0 Å². The van der Waals surface area contributed by atoms with Crippen molar-refractivity contribution in [2.75, 3.05) is 19.8 Å². The van der Waals surface area contributed by atoms with Crippen LogP contribution in [0, 0.1) is 19.8 Å². The second-order valence-corrected chi connectivity index (χ2v) is 5.71. The van der Waals surface area contributed by atoms with E-state index < -0.39 is 0 Å². The fourth-order valence-corrected chi connectivity index (χ4v) is 2.02. The molecule has 0 spiro atoms. The van der Waals surface area contributed by atoms with Gasteiger partial charge in [-0.3, -0.25) is 0 Å². The first-order valence-corrected chi connectivity index (χ1v) is 7.42. The Bertz CT molecular complexity index is 374. The molecule has 0 aliphatic rings. The van der Waals surface area contributed by atoms with Crippen LogP contribution >= 0.6 is 0 Å². The summed E-state index contributed by atoms with van der Waals surface area (Å²) in [4.78, 5) is 0. The average Bonchev–Trinajstić information content (AvgIpc) is 2.36. The highest BCUT2D eigenvalue weighted by atomic mass is 16.5. The van der Waals surface area contributed by atoms with Crippen LogP contribution < -0.4 is 5.32 Å². The zero-order valence-corrected chi connectivity index (χ0v) is 13.1. The van der Waals surface area contributed by atoms with Gasteiger partial charge in [0.25, 0.3) is 0 Å². The normalized spacial score (nSPS) is 12.9. The zero-order chi connectivity index (χ0) is 14.3. The predicted octanol–water partition coefficient (Wildman–Crippen LogP) is 4.02. The summed E-state index contributed by atoms with van der Waals surface area (Å²) >= 11 is 0. The van der Waals surface area contributed by atoms with Crippen molar-refractivity contribution >= 4 is 0 Å². The molecule has 0 heterocycles. The van der Waals surface area contributed by atoms with E-state index in [0.717, 1.165) is 26.2 Å². The highest BCUT2D eigenvalue weighted by Gasteiger charge is 2.11. The molecule has 2 nitrogen and oxygen atoms in total. The van der Waals surface area contributed by atoms with Gasteiger partial charge in [-0.2, -0.15) is 0 Å². The van der Waals surface area contributed by atoms with Gasteiger partial charge in [0.2, 0.25) is 0 Å². The Morgan fingerprint density at radius 3 is 2.47 bits per heavy atom. The first-order chi connectivity index (χ1) is 9.04. The fourth-order valence-electron chi connectivity index (χ4n) is 2.02. The Balaban J connectivity index is 2.58. The van der Waals surface area contributed by atoms with Crippen LogP contribution in [0.3, 0.4) is 0 Å². The maximum atomic E-state index is 5.82. The molecule has 1 atom stereocenters. The molecule has 2 heteroatoms. The van der Waals surface area contributed by atoms with Crippen LogP contribution in [-0.4, -0.2) is 19.8 Å². The molecule has 0 aromatic heterocycles. The third-order valence-electron chi connectivity index (χ3n) is 3.51. The minimum Gasteiger partial charge on any atom is -0.379 e. The molecule has 0 saturated carbocycles. The van der Waals surface area contributed by atoms with Crippen LogP contribution in [0.2, 0.25) is 0 Å². The molecule has 1 rings (SSSR count). The van der Waals surface area contributed by atoms with E-state index in [0.29, 0.717) is 12.0 Å². The summed E-state index contributed by atoms with van der Waals surface area (Å²) < 4.78 is 5.82. The molecular weight excluding hydrogens is 234 g/mol. The molecule has 108 valence electrons. The zero-order valence-electron chi connectivity index (χ0n) is 13.1. The molecule has 1 unspecified atom stereocenters. The maximum Gasteiger partial charge on any atom is 0.0661 e. The van der Waals surface area contributed by atoms with E-state index in [2.05, 4.69) is 58.1 Å². The summed E-state index contributed by atoms with van der Waals surface area (Å²) in [5.41, 5.74) is 4.02. The third-order valence-corrected chi connectivity index (χ3v) is 3.51. The highest BCUT2D eigenvalue weighted by Crippen LogP contribution is 2.18. The van der Waals surface area contributed by atoms with Crippen LogP contribution in [0.5, 0.6) is 0 Å². The number of benzene rings is 1. The van der Waals surface area contributed by atoms with Gasteiger partial charge in [-0.25, -0.2) is 0 Å². The first-order valence-electron chi connectivity index (χ1n) is 7.42. The van der Waals surface area contributed by atoms with Gasteiger partial charge in [0, 0.05) is 6.61 Å². The number of hydrogen-bond acceptors (Lipinski definition) is 2. The van der Waals surface area contributed by atoms with Crippen molar-refractivity contribution in [1.82, 2.24) is 5.32 Å². The monoisotopic (exact) mass is 263 g/mol. The van der Waals surface area contributed by atoms with Crippen LogP contribution in [0.15, 0.2) is 18.2 Å². The average molecular weight is 263 g/mol. The van der Waals surface area contributed by atoms with Crippen molar-refractivity contribution in [2.24, 2.45) is 5.92 Å². The molecule has 0 aliphatic carbocycles. The van der Waals surface area contributed by atoms with Gasteiger partial charge in [0.15, 0.2) is 0 Å². The number of aryl methyl sites for hydroxylation is 2. The van der Waals surface area contributed by atoms with E-state index in [4.69, 9.17) is 4.74 Å². The van der Waals surface area contributed by atoms with Crippen molar-refractivity contribution in [3.05, 3.63) is 34.9 Å². The molecule has 0 fully saturated rings. The SMILES string of the molecule is CCNC(COCCC(C)C)c1ccc(C)c(C)c1. The lowest BCUT2D eigenvalue weighted by molar-refractivity contribution is 0.103. The predicted molar refractivity (Wildman–Crippen MR) is 82.6 cm³/mol. The summed E-state index contributed by atoms with van der Waals surface area (Å²) in [7, 11) is 0. The van der Waals surface area contributed by atoms with E-state index in [1.54, 1.807) is 0 Å². The van der Waals surface area contributed by atoms with Crippen molar-refractivity contribution < 1.29 is 4.74 Å². The van der Waals surface area contributed by atoms with Crippen molar-refractivity contribution in [3.63, 3.8) is 0 Å². The van der Waals surface area contributed by atoms with Crippen molar-refractivity contribution in [3.8, 4) is 0 Å². The molecule has 0 amide bonds. The van der Waals surface area contributed by atoms with Crippen LogP contribution in [0.1, 0.15) is 49.9 Å². The number of ether oxygens (including phenoxy) is 1. The van der Waals surface area contributed by atoms with Gasteiger partial charge in [0.05, 0.1) is 12.6 Å². The van der Waals surface area contributed by atoms with Gasteiger partial charge < -0.3 is 10.1 Å². The lowest BCUT2D eigenvalue weighted by atomic mass is 10.0. The Morgan fingerprint density at radius 2 is 1.89 bits per heavy atom. The summed E-state index contributed by atoms with van der Waals surface area (Å²) in [6.07, 6.45) is 1.13. The summed E-state index contributed by atoms with van der Waals surface area (Å²) in [5, 5.41) is 3.51. The molecule has 0 saturated heterocycles. The summed E-state index contributed by atoms with van der Waals surface area (Å²) in [6.45, 7) is 13.5. The first kappa shape index (κ1) is 16.2. The highest BCUT2D eigenvalue weighted by molar-refractivity contribution is 5.31. The van der Waals surface area contributed by atoms with E-state index in [1.165, 1.54) is 16.7 Å². The van der Waals surface area contributed by atoms with E-state index in [-0.39, 0.29) is 0 Å². The minimum atomic E-state index is 0.302. The fraction of sp³-hybridized carbons (Fsp3) is 0.647. The minimum absolute atomic E-state index is 0.302. The second-order valence-electron chi connectivity index (χ2n) is 5.71. The Hall–Kier alpha value is -0.860. The standard InChI is InChI=1S/C17H29NO/c1-6-18-17(12-19-10-9-13(2)3)16-8-7-14(4)15(5)11-16/h7-8,11,13,17-18H,6,9-10,12H2,1-5H3. The molecule has 0 aliphatic heterocycles. The molecule has 0 bridgehead atoms.